The average molecular weight is 358 g/mol. The first-order chi connectivity index (χ1) is 10.6. The van der Waals surface area contributed by atoms with Crippen LogP contribution in [0.15, 0.2) is 47.1 Å². The summed E-state index contributed by atoms with van der Waals surface area (Å²) in [6, 6.07) is 11.9. The largest absolute Gasteiger partial charge is 0.494 e. The van der Waals surface area contributed by atoms with E-state index >= 15 is 0 Å². The predicted molar refractivity (Wildman–Crippen MR) is 91.8 cm³/mol. The summed E-state index contributed by atoms with van der Waals surface area (Å²) in [5.74, 6) is 0.811. The SMILES string of the molecule is CCOc1ccc(-c2cc3ccc(C)cn3c2C=O)c(Br)c1. The van der Waals surface area contributed by atoms with E-state index in [9.17, 15) is 4.79 Å². The summed E-state index contributed by atoms with van der Waals surface area (Å²) in [7, 11) is 0. The van der Waals surface area contributed by atoms with Gasteiger partial charge in [0.15, 0.2) is 6.29 Å². The van der Waals surface area contributed by atoms with Crippen LogP contribution in [-0.4, -0.2) is 17.3 Å². The number of nitrogens with zero attached hydrogens (tertiary/aromatic N) is 1. The third-order valence-corrected chi connectivity index (χ3v) is 4.27. The van der Waals surface area contributed by atoms with E-state index in [1.165, 1.54) is 0 Å². The van der Waals surface area contributed by atoms with Gasteiger partial charge in [-0.15, -0.1) is 0 Å². The van der Waals surface area contributed by atoms with Gasteiger partial charge in [0.25, 0.3) is 0 Å². The van der Waals surface area contributed by atoms with Crippen LogP contribution in [-0.2, 0) is 0 Å². The van der Waals surface area contributed by atoms with E-state index in [-0.39, 0.29) is 0 Å². The summed E-state index contributed by atoms with van der Waals surface area (Å²) < 4.78 is 8.35. The quantitative estimate of drug-likeness (QED) is 0.622. The number of carbonyl (C=O) groups is 1. The van der Waals surface area contributed by atoms with Crippen LogP contribution in [0.1, 0.15) is 23.0 Å². The lowest BCUT2D eigenvalue weighted by molar-refractivity contribution is 0.111. The molecule has 2 aromatic heterocycles. The second-order valence-electron chi connectivity index (χ2n) is 5.14. The molecular formula is C18H16BrNO2. The van der Waals surface area contributed by atoms with Crippen molar-refractivity contribution in [1.29, 1.82) is 0 Å². The first-order valence-corrected chi connectivity index (χ1v) is 7.93. The Morgan fingerprint density at radius 1 is 1.18 bits per heavy atom. The van der Waals surface area contributed by atoms with Crippen molar-refractivity contribution in [1.82, 2.24) is 4.40 Å². The van der Waals surface area contributed by atoms with Crippen molar-refractivity contribution >= 4 is 27.7 Å². The molecule has 4 heteroatoms. The minimum Gasteiger partial charge on any atom is -0.494 e. The molecule has 0 aliphatic heterocycles. The molecule has 1 aromatic carbocycles. The number of hydrogen-bond donors (Lipinski definition) is 0. The summed E-state index contributed by atoms with van der Waals surface area (Å²) in [6.45, 7) is 4.59. The summed E-state index contributed by atoms with van der Waals surface area (Å²) in [5.41, 5.74) is 4.66. The van der Waals surface area contributed by atoms with E-state index in [1.54, 1.807) is 0 Å². The van der Waals surface area contributed by atoms with Gasteiger partial charge in [-0.25, -0.2) is 0 Å². The standard InChI is InChI=1S/C18H16BrNO2/c1-3-22-14-6-7-15(17(19)9-14)16-8-13-5-4-12(2)10-20(13)18(16)11-21/h4-11H,3H2,1-2H3. The molecule has 0 spiro atoms. The molecule has 0 unspecified atom stereocenters. The zero-order valence-corrected chi connectivity index (χ0v) is 14.1. The third-order valence-electron chi connectivity index (χ3n) is 3.61. The minimum absolute atomic E-state index is 0.626. The molecule has 22 heavy (non-hydrogen) atoms. The Morgan fingerprint density at radius 3 is 2.68 bits per heavy atom. The number of aldehydes is 1. The highest BCUT2D eigenvalue weighted by atomic mass is 79.9. The second kappa shape index (κ2) is 5.97. The number of pyridine rings is 1. The number of halogens is 1. The van der Waals surface area contributed by atoms with E-state index in [2.05, 4.69) is 15.9 Å². The highest BCUT2D eigenvalue weighted by Gasteiger charge is 2.14. The molecule has 0 amide bonds. The van der Waals surface area contributed by atoms with Gasteiger partial charge in [0, 0.05) is 21.7 Å². The van der Waals surface area contributed by atoms with E-state index in [1.807, 2.05) is 60.8 Å². The number of hydrogen-bond acceptors (Lipinski definition) is 2. The zero-order valence-electron chi connectivity index (χ0n) is 12.5. The summed E-state index contributed by atoms with van der Waals surface area (Å²) >= 11 is 3.58. The molecule has 0 aliphatic rings. The molecule has 3 aromatic rings. The lowest BCUT2D eigenvalue weighted by Crippen LogP contribution is -1.94. The van der Waals surface area contributed by atoms with Gasteiger partial charge in [-0.3, -0.25) is 4.79 Å². The van der Waals surface area contributed by atoms with Crippen LogP contribution in [0.5, 0.6) is 5.75 Å². The Labute approximate surface area is 137 Å². The summed E-state index contributed by atoms with van der Waals surface area (Å²) in [6.07, 6.45) is 2.88. The number of ether oxygens (including phenoxy) is 1. The van der Waals surface area contributed by atoms with Crippen molar-refractivity contribution in [2.24, 2.45) is 0 Å². The van der Waals surface area contributed by atoms with E-state index in [4.69, 9.17) is 4.74 Å². The summed E-state index contributed by atoms with van der Waals surface area (Å²) in [5, 5.41) is 0. The molecule has 0 atom stereocenters. The van der Waals surface area contributed by atoms with E-state index < -0.39 is 0 Å². The molecule has 0 radical (unpaired) electrons. The van der Waals surface area contributed by atoms with Crippen LogP contribution < -0.4 is 4.74 Å². The van der Waals surface area contributed by atoms with Crippen LogP contribution in [0.3, 0.4) is 0 Å². The monoisotopic (exact) mass is 357 g/mol. The molecule has 3 rings (SSSR count). The van der Waals surface area contributed by atoms with Crippen molar-refractivity contribution in [2.75, 3.05) is 6.61 Å². The molecule has 2 heterocycles. The number of aryl methyl sites for hydroxylation is 1. The molecule has 3 nitrogen and oxygen atoms in total. The highest BCUT2D eigenvalue weighted by Crippen LogP contribution is 2.35. The maximum absolute atomic E-state index is 11.6. The van der Waals surface area contributed by atoms with Crippen molar-refractivity contribution in [3.63, 3.8) is 0 Å². The van der Waals surface area contributed by atoms with E-state index in [0.717, 1.165) is 38.7 Å². The topological polar surface area (TPSA) is 30.7 Å². The van der Waals surface area contributed by atoms with Crippen LogP contribution in [0.25, 0.3) is 16.6 Å². The van der Waals surface area contributed by atoms with Gasteiger partial charge in [-0.2, -0.15) is 0 Å². The fourth-order valence-electron chi connectivity index (χ4n) is 2.60. The smallest absolute Gasteiger partial charge is 0.167 e. The fourth-order valence-corrected chi connectivity index (χ4v) is 3.17. The zero-order chi connectivity index (χ0) is 15.7. The van der Waals surface area contributed by atoms with Gasteiger partial charge >= 0.3 is 0 Å². The van der Waals surface area contributed by atoms with Crippen molar-refractivity contribution in [3.8, 4) is 16.9 Å². The van der Waals surface area contributed by atoms with Gasteiger partial charge in [0.05, 0.1) is 12.3 Å². The third kappa shape index (κ3) is 2.55. The van der Waals surface area contributed by atoms with Gasteiger partial charge in [0.1, 0.15) is 5.75 Å². The Balaban J connectivity index is 2.19. The van der Waals surface area contributed by atoms with Gasteiger partial charge in [0.2, 0.25) is 0 Å². The Bertz CT molecular complexity index is 852. The van der Waals surface area contributed by atoms with Gasteiger partial charge < -0.3 is 9.14 Å². The Kier molecular flexibility index (Phi) is 4.03. The van der Waals surface area contributed by atoms with Crippen molar-refractivity contribution < 1.29 is 9.53 Å². The van der Waals surface area contributed by atoms with E-state index in [0.29, 0.717) is 12.3 Å². The maximum Gasteiger partial charge on any atom is 0.167 e. The molecular weight excluding hydrogens is 342 g/mol. The molecule has 0 saturated heterocycles. The minimum atomic E-state index is 0.626. The number of benzene rings is 1. The Hall–Kier alpha value is -2.07. The molecule has 0 fully saturated rings. The maximum atomic E-state index is 11.6. The second-order valence-corrected chi connectivity index (χ2v) is 5.99. The van der Waals surface area contributed by atoms with Gasteiger partial charge in [-0.1, -0.05) is 22.0 Å². The molecule has 112 valence electrons. The lowest BCUT2D eigenvalue weighted by Gasteiger charge is -2.08. The number of fused-ring (bicyclic) bond motifs is 1. The van der Waals surface area contributed by atoms with Crippen LogP contribution in [0, 0.1) is 6.92 Å². The molecule has 0 bridgehead atoms. The normalized spacial score (nSPS) is 10.9. The number of aromatic nitrogens is 1. The van der Waals surface area contributed by atoms with Crippen LogP contribution in [0.4, 0.5) is 0 Å². The first kappa shape index (κ1) is 14.9. The highest BCUT2D eigenvalue weighted by molar-refractivity contribution is 9.10. The molecule has 0 saturated carbocycles. The van der Waals surface area contributed by atoms with Gasteiger partial charge in [-0.05, 0) is 55.3 Å². The molecule has 0 aliphatic carbocycles. The predicted octanol–water partition coefficient (Wildman–Crippen LogP) is 4.89. The molecule has 0 N–H and O–H groups in total. The number of rotatable bonds is 4. The van der Waals surface area contributed by atoms with Crippen molar-refractivity contribution in [2.45, 2.75) is 13.8 Å². The lowest BCUT2D eigenvalue weighted by atomic mass is 10.1. The first-order valence-electron chi connectivity index (χ1n) is 7.13. The number of carbonyl (C=O) groups excluding carboxylic acids is 1. The average Bonchev–Trinajstić information content (AvgIpc) is 2.85. The Morgan fingerprint density at radius 2 is 2.00 bits per heavy atom. The fraction of sp³-hybridized carbons (Fsp3) is 0.167. The summed E-state index contributed by atoms with van der Waals surface area (Å²) in [4.78, 5) is 11.6. The van der Waals surface area contributed by atoms with Crippen LogP contribution in [0.2, 0.25) is 0 Å². The van der Waals surface area contributed by atoms with Crippen molar-refractivity contribution in [3.05, 3.63) is 58.3 Å². The van der Waals surface area contributed by atoms with Crippen LogP contribution >= 0.6 is 15.9 Å².